The number of rotatable bonds is 7. The average molecular weight is 333 g/mol. The van der Waals surface area contributed by atoms with Crippen molar-refractivity contribution in [3.8, 4) is 0 Å². The molecule has 0 amide bonds. The van der Waals surface area contributed by atoms with Gasteiger partial charge in [-0.1, -0.05) is 30.3 Å². The van der Waals surface area contributed by atoms with Crippen molar-refractivity contribution in [2.45, 2.75) is 37.7 Å². The second-order valence-electron chi connectivity index (χ2n) is 5.61. The quantitative estimate of drug-likeness (QED) is 0.779. The molecule has 0 radical (unpaired) electrons. The van der Waals surface area contributed by atoms with Crippen LogP contribution >= 0.6 is 7.60 Å². The predicted molar refractivity (Wildman–Crippen MR) is 86.6 cm³/mol. The number of hydrogen-bond acceptors (Lipinski definition) is 4. The lowest BCUT2D eigenvalue weighted by atomic mass is 10.1. The van der Waals surface area contributed by atoms with Crippen molar-refractivity contribution in [3.63, 3.8) is 0 Å². The summed E-state index contributed by atoms with van der Waals surface area (Å²) in [5.74, 6) is -0.671. The van der Waals surface area contributed by atoms with Gasteiger partial charge in [0, 0.05) is 20.6 Å². The number of benzene rings is 1. The van der Waals surface area contributed by atoms with Gasteiger partial charge in [0.25, 0.3) is 0 Å². The fraction of sp³-hybridized carbons (Fsp3) is 0.571. The van der Waals surface area contributed by atoms with Gasteiger partial charge in [0.15, 0.2) is 0 Å². The molecule has 21 heavy (non-hydrogen) atoms. The lowest BCUT2D eigenvalue weighted by Gasteiger charge is -2.28. The minimum absolute atomic E-state index is 0.404. The lowest BCUT2D eigenvalue weighted by molar-refractivity contribution is 0.263. The molecule has 5 nitrogen and oxygen atoms in total. The monoisotopic (exact) mass is 333 g/mol. The highest BCUT2D eigenvalue weighted by Gasteiger charge is 2.37. The van der Waals surface area contributed by atoms with Gasteiger partial charge in [-0.2, -0.15) is 0 Å². The average Bonchev–Trinajstić information content (AvgIpc) is 2.45. The van der Waals surface area contributed by atoms with Gasteiger partial charge in [0.05, 0.1) is 15.7 Å². The van der Waals surface area contributed by atoms with Gasteiger partial charge in [-0.3, -0.25) is 4.57 Å². The van der Waals surface area contributed by atoms with Crippen LogP contribution in [-0.4, -0.2) is 29.0 Å². The third kappa shape index (κ3) is 5.31. The summed E-state index contributed by atoms with van der Waals surface area (Å²) in [6.07, 6.45) is 0.404. The van der Waals surface area contributed by atoms with E-state index in [2.05, 4.69) is 4.72 Å². The van der Waals surface area contributed by atoms with Gasteiger partial charge < -0.3 is 9.05 Å². The van der Waals surface area contributed by atoms with E-state index >= 15 is 0 Å². The van der Waals surface area contributed by atoms with E-state index in [9.17, 15) is 8.77 Å². The second kappa shape index (κ2) is 7.65. The molecule has 0 bridgehead atoms. The molecule has 0 heterocycles. The summed E-state index contributed by atoms with van der Waals surface area (Å²) < 4.78 is 37.6. The Balaban J connectivity index is 3.01. The minimum Gasteiger partial charge on any atom is -0.311 e. The Hall–Kier alpha value is -0.520. The van der Waals surface area contributed by atoms with Crippen molar-refractivity contribution in [1.82, 2.24) is 4.72 Å². The van der Waals surface area contributed by atoms with Crippen LogP contribution < -0.4 is 4.72 Å². The zero-order valence-corrected chi connectivity index (χ0v) is 14.9. The van der Waals surface area contributed by atoms with Crippen molar-refractivity contribution in [3.05, 3.63) is 35.9 Å². The van der Waals surface area contributed by atoms with Crippen LogP contribution in [0.3, 0.4) is 0 Å². The first-order chi connectivity index (χ1) is 9.73. The normalized spacial score (nSPS) is 15.7. The molecule has 2 atom stereocenters. The molecule has 0 aromatic heterocycles. The predicted octanol–water partition coefficient (Wildman–Crippen LogP) is 3.09. The summed E-state index contributed by atoms with van der Waals surface area (Å²) >= 11 is 0. The Kier molecular flexibility index (Phi) is 6.75. The molecule has 1 rings (SSSR count). The molecule has 120 valence electrons. The first kappa shape index (κ1) is 18.5. The highest BCUT2D eigenvalue weighted by Crippen LogP contribution is 2.51. The Morgan fingerprint density at radius 3 is 2.14 bits per heavy atom. The van der Waals surface area contributed by atoms with E-state index in [0.717, 1.165) is 5.56 Å². The molecule has 0 aliphatic rings. The van der Waals surface area contributed by atoms with Gasteiger partial charge in [-0.05, 0) is 26.3 Å². The zero-order valence-electron chi connectivity index (χ0n) is 13.2. The first-order valence-electron chi connectivity index (χ1n) is 6.66. The molecular weight excluding hydrogens is 309 g/mol. The van der Waals surface area contributed by atoms with Crippen molar-refractivity contribution in [2.75, 3.05) is 14.2 Å². The van der Waals surface area contributed by atoms with E-state index in [1.165, 1.54) is 14.2 Å². The van der Waals surface area contributed by atoms with Crippen molar-refractivity contribution < 1.29 is 17.8 Å². The van der Waals surface area contributed by atoms with Crippen LogP contribution in [0.4, 0.5) is 0 Å². The van der Waals surface area contributed by atoms with Crippen LogP contribution in [0, 0.1) is 0 Å². The number of nitrogens with one attached hydrogen (secondary N) is 1. The van der Waals surface area contributed by atoms with E-state index in [1.54, 1.807) is 0 Å². The third-order valence-corrected chi connectivity index (χ3v) is 6.84. The van der Waals surface area contributed by atoms with Gasteiger partial charge in [0.1, 0.15) is 5.78 Å². The van der Waals surface area contributed by atoms with Crippen molar-refractivity contribution >= 4 is 18.6 Å². The summed E-state index contributed by atoms with van der Waals surface area (Å²) in [5.41, 5.74) is 0.968. The Morgan fingerprint density at radius 1 is 1.19 bits per heavy atom. The SMILES string of the molecule is COP(=O)(OC)[C@H](Cc1ccccc1)NS(=O)C(C)(C)C. The van der Waals surface area contributed by atoms with E-state index in [1.807, 2.05) is 51.1 Å². The van der Waals surface area contributed by atoms with E-state index in [-0.39, 0.29) is 0 Å². The second-order valence-corrected chi connectivity index (χ2v) is 10.0. The Bertz CT molecular complexity index is 507. The summed E-state index contributed by atoms with van der Waals surface area (Å²) in [6.45, 7) is 5.54. The van der Waals surface area contributed by atoms with Crippen LogP contribution in [0.5, 0.6) is 0 Å². The molecule has 1 aromatic carbocycles. The topological polar surface area (TPSA) is 64.6 Å². The third-order valence-electron chi connectivity index (χ3n) is 2.96. The molecule has 0 spiro atoms. The van der Waals surface area contributed by atoms with E-state index < -0.39 is 29.1 Å². The van der Waals surface area contributed by atoms with Gasteiger partial charge in [0.2, 0.25) is 0 Å². The Morgan fingerprint density at radius 2 is 1.71 bits per heavy atom. The zero-order chi connectivity index (χ0) is 16.1. The number of hydrogen-bond donors (Lipinski definition) is 1. The smallest absolute Gasteiger partial charge is 0.311 e. The highest BCUT2D eigenvalue weighted by atomic mass is 32.2. The standard InChI is InChI=1S/C14H24NO4PS/c1-14(2,3)21(17)15-13(20(16,18-4)19-5)11-12-9-7-6-8-10-12/h6-10,13,15H,11H2,1-5H3/t13-,21?/m1/s1. The first-order valence-corrected chi connectivity index (χ1v) is 9.42. The maximum atomic E-state index is 12.7. The van der Waals surface area contributed by atoms with Crippen molar-refractivity contribution in [2.24, 2.45) is 0 Å². The molecule has 0 fully saturated rings. The summed E-state index contributed by atoms with van der Waals surface area (Å²) in [5, 5.41) is 0. The van der Waals surface area contributed by atoms with Crippen LogP contribution in [0.1, 0.15) is 26.3 Å². The van der Waals surface area contributed by atoms with Crippen LogP contribution in [0.15, 0.2) is 30.3 Å². The van der Waals surface area contributed by atoms with Crippen LogP contribution in [0.25, 0.3) is 0 Å². The maximum absolute atomic E-state index is 12.7. The van der Waals surface area contributed by atoms with Gasteiger partial charge >= 0.3 is 7.60 Å². The molecule has 0 aliphatic heterocycles. The van der Waals surface area contributed by atoms with E-state index in [0.29, 0.717) is 6.42 Å². The minimum atomic E-state index is -3.38. The molecule has 1 aromatic rings. The summed E-state index contributed by atoms with van der Waals surface area (Å²) in [7, 11) is -2.08. The maximum Gasteiger partial charge on any atom is 0.348 e. The molecule has 0 aliphatic carbocycles. The highest BCUT2D eigenvalue weighted by molar-refractivity contribution is 7.84. The molecule has 1 N–H and O–H groups in total. The summed E-state index contributed by atoms with van der Waals surface area (Å²) in [4.78, 5) is 0. The fourth-order valence-corrected chi connectivity index (χ4v) is 4.26. The van der Waals surface area contributed by atoms with Gasteiger partial charge in [-0.25, -0.2) is 8.93 Å². The molecule has 0 saturated carbocycles. The van der Waals surface area contributed by atoms with Gasteiger partial charge in [-0.15, -0.1) is 0 Å². The van der Waals surface area contributed by atoms with Crippen LogP contribution in [-0.2, 0) is 31.0 Å². The van der Waals surface area contributed by atoms with Crippen molar-refractivity contribution in [1.29, 1.82) is 0 Å². The largest absolute Gasteiger partial charge is 0.348 e. The summed E-state index contributed by atoms with van der Waals surface area (Å²) in [6, 6.07) is 9.55. The van der Waals surface area contributed by atoms with E-state index in [4.69, 9.17) is 9.05 Å². The van der Waals surface area contributed by atoms with Crippen LogP contribution in [0.2, 0.25) is 0 Å². The molecule has 0 saturated heterocycles. The molecular formula is C14H24NO4PS. The lowest BCUT2D eigenvalue weighted by Crippen LogP contribution is -2.41. The molecule has 7 heteroatoms. The fourth-order valence-electron chi connectivity index (χ4n) is 1.68. The molecule has 1 unspecified atom stereocenters. The Labute approximate surface area is 129 Å².